The standard InChI is InChI=1S/C16H24BrN3O2/c1-11-13(19-14-8-7-12(17)10-18-14)6-5-9-20(11)15(21)22-16(2,3)4/h7-8,10-11,13H,5-6,9H2,1-4H3,(H,18,19). The summed E-state index contributed by atoms with van der Waals surface area (Å²) in [4.78, 5) is 18.5. The summed E-state index contributed by atoms with van der Waals surface area (Å²) in [5.74, 6) is 0.825. The average molecular weight is 370 g/mol. The van der Waals surface area contributed by atoms with Gasteiger partial charge >= 0.3 is 6.09 Å². The van der Waals surface area contributed by atoms with Crippen LogP contribution in [0, 0.1) is 0 Å². The molecule has 2 atom stereocenters. The minimum absolute atomic E-state index is 0.0639. The summed E-state index contributed by atoms with van der Waals surface area (Å²) in [6, 6.07) is 4.13. The third kappa shape index (κ3) is 4.60. The lowest BCUT2D eigenvalue weighted by Crippen LogP contribution is -2.53. The highest BCUT2D eigenvalue weighted by Gasteiger charge is 2.33. The van der Waals surface area contributed by atoms with Crippen molar-refractivity contribution >= 4 is 27.8 Å². The Morgan fingerprint density at radius 2 is 2.18 bits per heavy atom. The van der Waals surface area contributed by atoms with Crippen molar-refractivity contribution in [2.75, 3.05) is 11.9 Å². The highest BCUT2D eigenvalue weighted by Crippen LogP contribution is 2.23. The Labute approximate surface area is 140 Å². The monoisotopic (exact) mass is 369 g/mol. The summed E-state index contributed by atoms with van der Waals surface area (Å²) in [6.45, 7) is 8.46. The number of nitrogens with one attached hydrogen (secondary N) is 1. The molecule has 1 amide bonds. The molecular weight excluding hydrogens is 346 g/mol. The first-order valence-electron chi connectivity index (χ1n) is 7.64. The molecule has 1 aliphatic heterocycles. The number of hydrogen-bond donors (Lipinski definition) is 1. The van der Waals surface area contributed by atoms with E-state index < -0.39 is 5.60 Å². The predicted molar refractivity (Wildman–Crippen MR) is 91.0 cm³/mol. The Morgan fingerprint density at radius 3 is 2.77 bits per heavy atom. The number of amides is 1. The van der Waals surface area contributed by atoms with E-state index in [1.807, 2.05) is 37.8 Å². The molecule has 1 aliphatic rings. The van der Waals surface area contributed by atoms with Crippen molar-refractivity contribution in [3.05, 3.63) is 22.8 Å². The number of anilines is 1. The molecule has 2 rings (SSSR count). The third-order valence-corrected chi connectivity index (χ3v) is 4.15. The zero-order valence-corrected chi connectivity index (χ0v) is 15.2. The fourth-order valence-electron chi connectivity index (χ4n) is 2.57. The van der Waals surface area contributed by atoms with Gasteiger partial charge < -0.3 is 15.0 Å². The molecule has 22 heavy (non-hydrogen) atoms. The molecule has 6 heteroatoms. The Kier molecular flexibility index (Phi) is 5.32. The zero-order valence-electron chi connectivity index (χ0n) is 13.6. The van der Waals surface area contributed by atoms with Crippen molar-refractivity contribution in [1.29, 1.82) is 0 Å². The number of likely N-dealkylation sites (tertiary alicyclic amines) is 1. The van der Waals surface area contributed by atoms with Crippen molar-refractivity contribution in [3.8, 4) is 0 Å². The molecule has 0 saturated carbocycles. The molecule has 1 saturated heterocycles. The second-order valence-corrected chi connectivity index (χ2v) is 7.58. The van der Waals surface area contributed by atoms with E-state index >= 15 is 0 Å². The van der Waals surface area contributed by atoms with Gasteiger partial charge in [-0.1, -0.05) is 0 Å². The lowest BCUT2D eigenvalue weighted by atomic mass is 9.98. The second kappa shape index (κ2) is 6.86. The second-order valence-electron chi connectivity index (χ2n) is 6.67. The van der Waals surface area contributed by atoms with Crippen LogP contribution in [-0.2, 0) is 4.74 Å². The lowest BCUT2D eigenvalue weighted by Gasteiger charge is -2.40. The summed E-state index contributed by atoms with van der Waals surface area (Å²) >= 11 is 3.38. The Bertz CT molecular complexity index is 513. The molecule has 0 aromatic carbocycles. The van der Waals surface area contributed by atoms with Gasteiger partial charge in [0.15, 0.2) is 0 Å². The summed E-state index contributed by atoms with van der Waals surface area (Å²) in [6.07, 6.45) is 3.49. The van der Waals surface area contributed by atoms with Gasteiger partial charge in [0.25, 0.3) is 0 Å². The maximum absolute atomic E-state index is 12.3. The number of nitrogens with zero attached hydrogens (tertiary/aromatic N) is 2. The first-order valence-corrected chi connectivity index (χ1v) is 8.43. The Hall–Kier alpha value is -1.30. The first kappa shape index (κ1) is 17.1. The van der Waals surface area contributed by atoms with Gasteiger partial charge in [0, 0.05) is 23.3 Å². The van der Waals surface area contributed by atoms with Crippen LogP contribution in [0.25, 0.3) is 0 Å². The number of halogens is 1. The molecule has 1 aromatic rings. The van der Waals surface area contributed by atoms with E-state index in [-0.39, 0.29) is 18.2 Å². The fraction of sp³-hybridized carbons (Fsp3) is 0.625. The predicted octanol–water partition coefficient (Wildman–Crippen LogP) is 4.04. The van der Waals surface area contributed by atoms with Crippen LogP contribution in [0.4, 0.5) is 10.6 Å². The number of pyridine rings is 1. The van der Waals surface area contributed by atoms with Gasteiger partial charge in [0.05, 0.1) is 6.04 Å². The molecule has 0 spiro atoms. The maximum atomic E-state index is 12.3. The van der Waals surface area contributed by atoms with Crippen molar-refractivity contribution in [2.45, 2.75) is 58.2 Å². The van der Waals surface area contributed by atoms with Crippen LogP contribution in [-0.4, -0.2) is 40.2 Å². The number of aromatic nitrogens is 1. The van der Waals surface area contributed by atoms with Crippen LogP contribution in [0.15, 0.2) is 22.8 Å². The van der Waals surface area contributed by atoms with Crippen LogP contribution in [0.2, 0.25) is 0 Å². The number of hydrogen-bond acceptors (Lipinski definition) is 4. The van der Waals surface area contributed by atoms with Gasteiger partial charge in [0.2, 0.25) is 0 Å². The highest BCUT2D eigenvalue weighted by molar-refractivity contribution is 9.10. The van der Waals surface area contributed by atoms with Gasteiger partial charge in [-0.3, -0.25) is 0 Å². The average Bonchev–Trinajstić information content (AvgIpc) is 2.41. The maximum Gasteiger partial charge on any atom is 0.410 e. The van der Waals surface area contributed by atoms with E-state index in [0.717, 1.165) is 29.7 Å². The van der Waals surface area contributed by atoms with Gasteiger partial charge in [-0.15, -0.1) is 0 Å². The number of ether oxygens (including phenoxy) is 1. The molecule has 1 aromatic heterocycles. The highest BCUT2D eigenvalue weighted by atomic mass is 79.9. The molecule has 0 aliphatic carbocycles. The number of piperidine rings is 1. The van der Waals surface area contributed by atoms with Crippen molar-refractivity contribution in [2.24, 2.45) is 0 Å². The fourth-order valence-corrected chi connectivity index (χ4v) is 2.80. The number of carbonyl (C=O) groups is 1. The van der Waals surface area contributed by atoms with Crippen LogP contribution in [0.5, 0.6) is 0 Å². The first-order chi connectivity index (χ1) is 10.3. The van der Waals surface area contributed by atoms with Crippen LogP contribution in [0.1, 0.15) is 40.5 Å². The van der Waals surface area contributed by atoms with Gasteiger partial charge in [-0.2, -0.15) is 0 Å². The third-order valence-electron chi connectivity index (χ3n) is 3.68. The normalized spacial score (nSPS) is 22.3. The summed E-state index contributed by atoms with van der Waals surface area (Å²) in [7, 11) is 0. The quantitative estimate of drug-likeness (QED) is 0.854. The zero-order chi connectivity index (χ0) is 16.3. The van der Waals surface area contributed by atoms with Crippen LogP contribution in [0.3, 0.4) is 0 Å². The molecule has 2 unspecified atom stereocenters. The van der Waals surface area contributed by atoms with Crippen molar-refractivity contribution in [1.82, 2.24) is 9.88 Å². The Balaban J connectivity index is 2.01. The minimum Gasteiger partial charge on any atom is -0.444 e. The number of carbonyl (C=O) groups excluding carboxylic acids is 1. The van der Waals surface area contributed by atoms with E-state index in [2.05, 4.69) is 33.2 Å². The molecular formula is C16H24BrN3O2. The molecule has 0 radical (unpaired) electrons. The molecule has 1 N–H and O–H groups in total. The van der Waals surface area contributed by atoms with E-state index in [0.29, 0.717) is 0 Å². The largest absolute Gasteiger partial charge is 0.444 e. The van der Waals surface area contributed by atoms with E-state index in [9.17, 15) is 4.79 Å². The van der Waals surface area contributed by atoms with Gasteiger partial charge in [0.1, 0.15) is 11.4 Å². The van der Waals surface area contributed by atoms with E-state index in [1.165, 1.54) is 0 Å². The molecule has 0 bridgehead atoms. The van der Waals surface area contributed by atoms with E-state index in [1.54, 1.807) is 6.20 Å². The molecule has 2 heterocycles. The molecule has 122 valence electrons. The minimum atomic E-state index is -0.468. The summed E-state index contributed by atoms with van der Waals surface area (Å²) in [5, 5.41) is 3.42. The molecule has 1 fully saturated rings. The van der Waals surface area contributed by atoms with Crippen molar-refractivity contribution in [3.63, 3.8) is 0 Å². The lowest BCUT2D eigenvalue weighted by molar-refractivity contribution is 0.0104. The Morgan fingerprint density at radius 1 is 1.45 bits per heavy atom. The number of rotatable bonds is 2. The van der Waals surface area contributed by atoms with E-state index in [4.69, 9.17) is 4.74 Å². The summed E-state index contributed by atoms with van der Waals surface area (Å²) in [5.41, 5.74) is -0.468. The van der Waals surface area contributed by atoms with Gasteiger partial charge in [-0.05, 0) is 68.6 Å². The van der Waals surface area contributed by atoms with Crippen LogP contribution >= 0.6 is 15.9 Å². The van der Waals surface area contributed by atoms with Crippen molar-refractivity contribution < 1.29 is 9.53 Å². The van der Waals surface area contributed by atoms with Gasteiger partial charge in [-0.25, -0.2) is 9.78 Å². The summed E-state index contributed by atoms with van der Waals surface area (Å²) < 4.78 is 6.45. The smallest absolute Gasteiger partial charge is 0.410 e. The molecule has 5 nitrogen and oxygen atoms in total. The SMILES string of the molecule is CC1C(Nc2ccc(Br)cn2)CCCN1C(=O)OC(C)(C)C. The topological polar surface area (TPSA) is 54.5 Å². The van der Waals surface area contributed by atoms with Crippen LogP contribution < -0.4 is 5.32 Å².